The molecular formula is C46H91NO4. The van der Waals surface area contributed by atoms with Crippen molar-refractivity contribution in [3.8, 4) is 0 Å². The van der Waals surface area contributed by atoms with Crippen LogP contribution < -0.4 is 5.32 Å². The average Bonchev–Trinajstić information content (AvgIpc) is 3.12. The van der Waals surface area contributed by atoms with Crippen LogP contribution in [0.25, 0.3) is 0 Å². The average molecular weight is 722 g/mol. The van der Waals surface area contributed by atoms with Crippen LogP contribution in [0.4, 0.5) is 0 Å². The summed E-state index contributed by atoms with van der Waals surface area (Å²) in [6.07, 6.45) is 49.3. The second-order valence-corrected chi connectivity index (χ2v) is 16.0. The molecular weight excluding hydrogens is 631 g/mol. The van der Waals surface area contributed by atoms with Crippen LogP contribution in [0.1, 0.15) is 251 Å². The molecule has 0 radical (unpaired) electrons. The third kappa shape index (κ3) is 38.6. The van der Waals surface area contributed by atoms with E-state index in [4.69, 9.17) is 0 Å². The molecule has 5 nitrogen and oxygen atoms in total. The smallest absolute Gasteiger partial charge is 0.222 e. The summed E-state index contributed by atoms with van der Waals surface area (Å²) >= 11 is 0. The summed E-state index contributed by atoms with van der Waals surface area (Å²) in [5.41, 5.74) is 0. The number of amides is 1. The van der Waals surface area contributed by atoms with Crippen molar-refractivity contribution >= 4 is 5.91 Å². The van der Waals surface area contributed by atoms with Crippen LogP contribution >= 0.6 is 0 Å². The molecule has 0 aromatic heterocycles. The summed E-state index contributed by atoms with van der Waals surface area (Å²) in [5, 5.41) is 33.2. The van der Waals surface area contributed by atoms with Crippen molar-refractivity contribution in [2.45, 2.75) is 270 Å². The normalized spacial score (nSPS) is 13.6. The summed E-state index contributed by atoms with van der Waals surface area (Å²) in [6.45, 7) is 4.23. The Labute approximate surface area is 319 Å². The Kier molecular flexibility index (Phi) is 41.1. The van der Waals surface area contributed by atoms with Gasteiger partial charge in [0.05, 0.1) is 31.3 Å². The summed E-state index contributed by atoms with van der Waals surface area (Å²) in [7, 11) is 0. The van der Waals surface area contributed by atoms with E-state index in [1.807, 2.05) is 6.08 Å². The van der Waals surface area contributed by atoms with E-state index in [-0.39, 0.29) is 18.9 Å². The molecule has 0 saturated heterocycles. The predicted octanol–water partition coefficient (Wildman–Crippen LogP) is 13.2. The number of carbonyl (C=O) groups excluding carboxylic acids is 1. The standard InChI is InChI=1S/C46H91NO4/c1-3-5-7-9-11-13-15-17-19-20-21-22-23-24-25-26-27-29-31-33-35-37-39-43(49)41-46(51)47-44(42-48)45(50)40-38-36-34-32-30-28-18-16-14-12-10-8-6-4-2/h38,40,43-45,48-50H,3-37,39,41-42H2,1-2H3,(H,47,51)/b40-38+. The van der Waals surface area contributed by atoms with Gasteiger partial charge in [-0.2, -0.15) is 0 Å². The molecule has 1 amide bonds. The zero-order valence-electron chi connectivity index (χ0n) is 34.5. The molecule has 4 N–H and O–H groups in total. The fourth-order valence-corrected chi connectivity index (χ4v) is 7.28. The van der Waals surface area contributed by atoms with Gasteiger partial charge in [-0.25, -0.2) is 0 Å². The molecule has 0 fully saturated rings. The molecule has 3 unspecified atom stereocenters. The Hall–Kier alpha value is -0.910. The molecule has 0 aliphatic carbocycles. The van der Waals surface area contributed by atoms with Gasteiger partial charge in [0, 0.05) is 0 Å². The molecule has 0 heterocycles. The van der Waals surface area contributed by atoms with Gasteiger partial charge >= 0.3 is 0 Å². The fourth-order valence-electron chi connectivity index (χ4n) is 7.28. The van der Waals surface area contributed by atoms with Crippen LogP contribution in [0, 0.1) is 0 Å². The lowest BCUT2D eigenvalue weighted by molar-refractivity contribution is -0.124. The van der Waals surface area contributed by atoms with Crippen LogP contribution in [-0.2, 0) is 4.79 Å². The zero-order chi connectivity index (χ0) is 37.3. The van der Waals surface area contributed by atoms with Crippen molar-refractivity contribution in [3.63, 3.8) is 0 Å². The highest BCUT2D eigenvalue weighted by Gasteiger charge is 2.20. The van der Waals surface area contributed by atoms with Crippen LogP contribution in [0.2, 0.25) is 0 Å². The van der Waals surface area contributed by atoms with E-state index in [0.29, 0.717) is 6.42 Å². The predicted molar refractivity (Wildman–Crippen MR) is 222 cm³/mol. The van der Waals surface area contributed by atoms with Gasteiger partial charge < -0.3 is 20.6 Å². The first-order chi connectivity index (χ1) is 25.0. The summed E-state index contributed by atoms with van der Waals surface area (Å²) in [5.74, 6) is -0.311. The molecule has 0 saturated carbocycles. The van der Waals surface area contributed by atoms with Gasteiger partial charge in [0.1, 0.15) is 0 Å². The molecule has 0 aromatic rings. The maximum Gasteiger partial charge on any atom is 0.222 e. The highest BCUT2D eigenvalue weighted by Crippen LogP contribution is 2.17. The van der Waals surface area contributed by atoms with Crippen molar-refractivity contribution in [1.82, 2.24) is 5.32 Å². The Bertz CT molecular complexity index is 713. The number of aliphatic hydroxyl groups is 3. The van der Waals surface area contributed by atoms with Crippen molar-refractivity contribution in [3.05, 3.63) is 12.2 Å². The maximum atomic E-state index is 12.4. The second kappa shape index (κ2) is 41.8. The van der Waals surface area contributed by atoms with Gasteiger partial charge in [0.25, 0.3) is 0 Å². The number of nitrogens with one attached hydrogen (secondary N) is 1. The first kappa shape index (κ1) is 50.1. The molecule has 0 rings (SSSR count). The van der Waals surface area contributed by atoms with Crippen LogP contribution in [0.15, 0.2) is 12.2 Å². The topological polar surface area (TPSA) is 89.8 Å². The maximum absolute atomic E-state index is 12.4. The largest absolute Gasteiger partial charge is 0.394 e. The van der Waals surface area contributed by atoms with Crippen molar-refractivity contribution < 1.29 is 20.1 Å². The van der Waals surface area contributed by atoms with Crippen LogP contribution in [0.5, 0.6) is 0 Å². The number of carbonyl (C=O) groups is 1. The number of hydrogen-bond acceptors (Lipinski definition) is 4. The van der Waals surface area contributed by atoms with E-state index in [9.17, 15) is 20.1 Å². The number of unbranched alkanes of at least 4 members (excludes halogenated alkanes) is 33. The monoisotopic (exact) mass is 722 g/mol. The molecule has 0 aliphatic rings. The van der Waals surface area contributed by atoms with E-state index < -0.39 is 18.2 Å². The van der Waals surface area contributed by atoms with Crippen molar-refractivity contribution in [1.29, 1.82) is 0 Å². The fraction of sp³-hybridized carbons (Fsp3) is 0.935. The van der Waals surface area contributed by atoms with Crippen LogP contribution in [-0.4, -0.2) is 46.1 Å². The minimum atomic E-state index is -0.923. The van der Waals surface area contributed by atoms with Gasteiger partial charge in [0.2, 0.25) is 5.91 Å². The highest BCUT2D eigenvalue weighted by molar-refractivity contribution is 5.76. The molecule has 0 aromatic carbocycles. The van der Waals surface area contributed by atoms with E-state index in [1.54, 1.807) is 6.08 Å². The molecule has 5 heteroatoms. The number of aliphatic hydroxyl groups excluding tert-OH is 3. The first-order valence-electron chi connectivity index (χ1n) is 23.0. The highest BCUT2D eigenvalue weighted by atomic mass is 16.3. The van der Waals surface area contributed by atoms with E-state index >= 15 is 0 Å². The lowest BCUT2D eigenvalue weighted by atomic mass is 10.0. The number of rotatable bonds is 42. The Morgan fingerprint density at radius 3 is 1.14 bits per heavy atom. The van der Waals surface area contributed by atoms with Crippen LogP contribution in [0.3, 0.4) is 0 Å². The lowest BCUT2D eigenvalue weighted by Gasteiger charge is -2.21. The Morgan fingerprint density at radius 2 is 0.804 bits per heavy atom. The number of allylic oxidation sites excluding steroid dienone is 1. The van der Waals surface area contributed by atoms with Gasteiger partial charge in [-0.1, -0.05) is 238 Å². The van der Waals surface area contributed by atoms with E-state index in [0.717, 1.165) is 25.7 Å². The Balaban J connectivity index is 3.58. The zero-order valence-corrected chi connectivity index (χ0v) is 34.5. The van der Waals surface area contributed by atoms with Gasteiger partial charge in [-0.15, -0.1) is 0 Å². The summed E-state index contributed by atoms with van der Waals surface area (Å²) in [4.78, 5) is 12.4. The van der Waals surface area contributed by atoms with Crippen molar-refractivity contribution in [2.24, 2.45) is 0 Å². The summed E-state index contributed by atoms with van der Waals surface area (Å²) in [6, 6.07) is -0.739. The summed E-state index contributed by atoms with van der Waals surface area (Å²) < 4.78 is 0. The van der Waals surface area contributed by atoms with Gasteiger partial charge in [-0.05, 0) is 19.3 Å². The molecule has 0 bridgehead atoms. The lowest BCUT2D eigenvalue weighted by Crippen LogP contribution is -2.45. The van der Waals surface area contributed by atoms with Gasteiger partial charge in [-0.3, -0.25) is 4.79 Å². The Morgan fingerprint density at radius 1 is 0.490 bits per heavy atom. The third-order valence-electron chi connectivity index (χ3n) is 10.8. The number of hydrogen-bond donors (Lipinski definition) is 4. The minimum absolute atomic E-state index is 0.0189. The minimum Gasteiger partial charge on any atom is -0.394 e. The van der Waals surface area contributed by atoms with E-state index in [1.165, 1.54) is 199 Å². The molecule has 0 aliphatic heterocycles. The molecule has 51 heavy (non-hydrogen) atoms. The molecule has 304 valence electrons. The van der Waals surface area contributed by atoms with Crippen molar-refractivity contribution in [2.75, 3.05) is 6.61 Å². The molecule has 0 spiro atoms. The second-order valence-electron chi connectivity index (χ2n) is 16.0. The van der Waals surface area contributed by atoms with E-state index in [2.05, 4.69) is 19.2 Å². The quantitative estimate of drug-likeness (QED) is 0.0373. The third-order valence-corrected chi connectivity index (χ3v) is 10.8. The van der Waals surface area contributed by atoms with Gasteiger partial charge in [0.15, 0.2) is 0 Å². The SMILES string of the molecule is CCCCCCCCCCCCCC/C=C/C(O)C(CO)NC(=O)CC(O)CCCCCCCCCCCCCCCCCCCCCCCC. The first-order valence-corrected chi connectivity index (χ1v) is 23.0. The molecule has 3 atom stereocenters.